The van der Waals surface area contributed by atoms with E-state index in [-0.39, 0.29) is 12.2 Å². The number of carbonyl (C=O) groups is 3. The first-order valence-electron chi connectivity index (χ1n) is 7.51. The van der Waals surface area contributed by atoms with Gasteiger partial charge in [-0.25, -0.2) is 0 Å². The van der Waals surface area contributed by atoms with Crippen LogP contribution in [0.25, 0.3) is 11.1 Å². The summed E-state index contributed by atoms with van der Waals surface area (Å²) >= 11 is 0. The first-order valence-corrected chi connectivity index (χ1v) is 7.51. The molecule has 0 aliphatic heterocycles. The van der Waals surface area contributed by atoms with Crippen LogP contribution in [-0.4, -0.2) is 23.3 Å². The molecule has 1 amide bonds. The quantitative estimate of drug-likeness (QED) is 0.602. The van der Waals surface area contributed by atoms with Gasteiger partial charge in [-0.15, -0.1) is 0 Å². The predicted molar refractivity (Wildman–Crippen MR) is 91.9 cm³/mol. The summed E-state index contributed by atoms with van der Waals surface area (Å²) in [5, 5.41) is 11.7. The fourth-order valence-corrected chi connectivity index (χ4v) is 2.25. The van der Waals surface area contributed by atoms with Crippen LogP contribution in [0.5, 0.6) is 0 Å². The molecule has 2 aromatic carbocycles. The van der Waals surface area contributed by atoms with Gasteiger partial charge in [0.25, 0.3) is 0 Å². The van der Waals surface area contributed by atoms with Crippen LogP contribution in [0.1, 0.15) is 30.6 Å². The summed E-state index contributed by atoms with van der Waals surface area (Å²) < 4.78 is 0. The number of rotatable bonds is 7. The molecule has 0 aromatic heterocycles. The van der Waals surface area contributed by atoms with Crippen molar-refractivity contribution in [1.29, 1.82) is 0 Å². The zero-order valence-electron chi connectivity index (χ0n) is 13.6. The van der Waals surface area contributed by atoms with Gasteiger partial charge in [-0.3, -0.25) is 14.4 Å². The Kier molecular flexibility index (Phi) is 5.14. The third-order valence-corrected chi connectivity index (χ3v) is 3.83. The Balaban J connectivity index is 2.14. The summed E-state index contributed by atoms with van der Waals surface area (Å²) in [5.41, 5.74) is 2.00. The van der Waals surface area contributed by atoms with Crippen LogP contribution in [0.3, 0.4) is 0 Å². The van der Waals surface area contributed by atoms with Crippen molar-refractivity contribution in [2.45, 2.75) is 20.3 Å². The van der Waals surface area contributed by atoms with E-state index in [4.69, 9.17) is 5.11 Å². The lowest BCUT2D eigenvalue weighted by Gasteiger charge is -2.17. The van der Waals surface area contributed by atoms with Crippen molar-refractivity contribution in [3.05, 3.63) is 54.1 Å². The third-order valence-electron chi connectivity index (χ3n) is 3.83. The highest BCUT2D eigenvalue weighted by Gasteiger charge is 2.30. The molecule has 0 saturated heterocycles. The molecule has 0 atom stereocenters. The maximum atomic E-state index is 12.2. The summed E-state index contributed by atoms with van der Waals surface area (Å²) in [6.45, 7) is 3.08. The SMILES string of the molecule is CC(C)(CC(=O)c1ccc(-c2ccc(NC=O)cc2)cc1)C(=O)O. The van der Waals surface area contributed by atoms with Crippen LogP contribution in [0, 0.1) is 5.41 Å². The molecule has 124 valence electrons. The van der Waals surface area contributed by atoms with Gasteiger partial charge in [0.2, 0.25) is 6.41 Å². The number of carboxylic acid groups (broad SMARTS) is 1. The Labute approximate surface area is 140 Å². The molecular formula is C19H19NO4. The van der Waals surface area contributed by atoms with Crippen molar-refractivity contribution in [3.8, 4) is 11.1 Å². The van der Waals surface area contributed by atoms with Crippen LogP contribution < -0.4 is 5.32 Å². The van der Waals surface area contributed by atoms with E-state index in [0.29, 0.717) is 17.7 Å². The normalized spacial score (nSPS) is 10.9. The Hall–Kier alpha value is -2.95. The number of carboxylic acids is 1. The van der Waals surface area contributed by atoms with Gasteiger partial charge in [-0.2, -0.15) is 0 Å². The molecule has 0 heterocycles. The van der Waals surface area contributed by atoms with Gasteiger partial charge in [0.05, 0.1) is 5.41 Å². The zero-order chi connectivity index (χ0) is 17.7. The highest BCUT2D eigenvalue weighted by molar-refractivity contribution is 5.99. The Morgan fingerprint density at radius 2 is 1.50 bits per heavy atom. The van der Waals surface area contributed by atoms with E-state index in [9.17, 15) is 14.4 Å². The molecule has 2 rings (SSSR count). The third kappa shape index (κ3) is 4.07. The first-order chi connectivity index (χ1) is 11.3. The summed E-state index contributed by atoms with van der Waals surface area (Å²) in [5.74, 6) is -1.18. The average molecular weight is 325 g/mol. The van der Waals surface area contributed by atoms with Crippen LogP contribution in [-0.2, 0) is 9.59 Å². The monoisotopic (exact) mass is 325 g/mol. The molecule has 0 aliphatic rings. The zero-order valence-corrected chi connectivity index (χ0v) is 13.6. The number of anilines is 1. The molecule has 0 aliphatic carbocycles. The molecule has 0 radical (unpaired) electrons. The summed E-state index contributed by atoms with van der Waals surface area (Å²) in [6, 6.07) is 14.4. The standard InChI is InChI=1S/C19H19NO4/c1-19(2,18(23)24)11-17(22)15-5-3-13(4-6-15)14-7-9-16(10-8-14)20-12-21/h3-10,12H,11H2,1-2H3,(H,20,21)(H,23,24). The largest absolute Gasteiger partial charge is 0.481 e. The van der Waals surface area contributed by atoms with Crippen molar-refractivity contribution in [2.75, 3.05) is 5.32 Å². The molecule has 2 aromatic rings. The number of aliphatic carboxylic acids is 1. The van der Waals surface area contributed by atoms with Gasteiger partial charge in [-0.1, -0.05) is 36.4 Å². The van der Waals surface area contributed by atoms with Crippen LogP contribution in [0.2, 0.25) is 0 Å². The van der Waals surface area contributed by atoms with Crippen LogP contribution in [0.15, 0.2) is 48.5 Å². The van der Waals surface area contributed by atoms with E-state index < -0.39 is 11.4 Å². The van der Waals surface area contributed by atoms with E-state index in [0.717, 1.165) is 11.1 Å². The second kappa shape index (κ2) is 7.08. The fourth-order valence-electron chi connectivity index (χ4n) is 2.25. The minimum absolute atomic E-state index is 0.0479. The van der Waals surface area contributed by atoms with Gasteiger partial charge in [0, 0.05) is 17.7 Å². The van der Waals surface area contributed by atoms with Gasteiger partial charge in [0.1, 0.15) is 0 Å². The number of hydrogen-bond acceptors (Lipinski definition) is 3. The number of nitrogens with one attached hydrogen (secondary N) is 1. The van der Waals surface area contributed by atoms with E-state index in [1.54, 1.807) is 24.3 Å². The van der Waals surface area contributed by atoms with Crippen LogP contribution in [0.4, 0.5) is 5.69 Å². The maximum absolute atomic E-state index is 12.2. The number of carbonyl (C=O) groups excluding carboxylic acids is 2. The number of hydrogen-bond donors (Lipinski definition) is 2. The Morgan fingerprint density at radius 1 is 1.00 bits per heavy atom. The van der Waals surface area contributed by atoms with Crippen molar-refractivity contribution in [2.24, 2.45) is 5.41 Å². The first kappa shape index (κ1) is 17.4. The molecule has 5 heteroatoms. The maximum Gasteiger partial charge on any atom is 0.309 e. The molecule has 0 spiro atoms. The van der Waals surface area contributed by atoms with Gasteiger partial charge >= 0.3 is 5.97 Å². The molecule has 2 N–H and O–H groups in total. The smallest absolute Gasteiger partial charge is 0.309 e. The fraction of sp³-hybridized carbons (Fsp3) is 0.211. The lowest BCUT2D eigenvalue weighted by atomic mass is 9.85. The Bertz CT molecular complexity index is 746. The minimum Gasteiger partial charge on any atom is -0.481 e. The predicted octanol–water partition coefficient (Wildman–Crippen LogP) is 3.61. The average Bonchev–Trinajstić information content (AvgIpc) is 2.55. The van der Waals surface area contributed by atoms with Crippen molar-refractivity contribution < 1.29 is 19.5 Å². The van der Waals surface area contributed by atoms with E-state index >= 15 is 0 Å². The molecule has 0 unspecified atom stereocenters. The number of ketones is 1. The van der Waals surface area contributed by atoms with Crippen molar-refractivity contribution in [3.63, 3.8) is 0 Å². The summed E-state index contributed by atoms with van der Waals surface area (Å²) in [7, 11) is 0. The summed E-state index contributed by atoms with van der Waals surface area (Å²) in [4.78, 5) is 33.7. The minimum atomic E-state index is -1.09. The molecule has 5 nitrogen and oxygen atoms in total. The van der Waals surface area contributed by atoms with Gasteiger partial charge in [-0.05, 0) is 37.1 Å². The van der Waals surface area contributed by atoms with Crippen molar-refractivity contribution >= 4 is 23.9 Å². The van der Waals surface area contributed by atoms with E-state index in [1.807, 2.05) is 24.3 Å². The summed E-state index contributed by atoms with van der Waals surface area (Å²) in [6.07, 6.45) is 0.571. The molecule has 0 fully saturated rings. The lowest BCUT2D eigenvalue weighted by molar-refractivity contribution is -0.146. The highest BCUT2D eigenvalue weighted by atomic mass is 16.4. The molecule has 24 heavy (non-hydrogen) atoms. The lowest BCUT2D eigenvalue weighted by Crippen LogP contribution is -2.26. The molecular weight excluding hydrogens is 306 g/mol. The van der Waals surface area contributed by atoms with Crippen molar-refractivity contribution in [1.82, 2.24) is 0 Å². The number of Topliss-reactive ketones (excluding diaryl/α,β-unsaturated/α-hetero) is 1. The second-order valence-electron chi connectivity index (χ2n) is 6.21. The highest BCUT2D eigenvalue weighted by Crippen LogP contribution is 2.25. The van der Waals surface area contributed by atoms with E-state index in [2.05, 4.69) is 5.32 Å². The second-order valence-corrected chi connectivity index (χ2v) is 6.21. The topological polar surface area (TPSA) is 83.5 Å². The van der Waals surface area contributed by atoms with E-state index in [1.165, 1.54) is 13.8 Å². The molecule has 0 saturated carbocycles. The number of amides is 1. The Morgan fingerprint density at radius 3 is 1.96 bits per heavy atom. The molecule has 0 bridgehead atoms. The van der Waals surface area contributed by atoms with Gasteiger partial charge < -0.3 is 10.4 Å². The van der Waals surface area contributed by atoms with Crippen LogP contribution >= 0.6 is 0 Å². The van der Waals surface area contributed by atoms with Gasteiger partial charge in [0.15, 0.2) is 5.78 Å². The number of benzene rings is 2.